The van der Waals surface area contributed by atoms with Gasteiger partial charge in [0.25, 0.3) is 0 Å². The molecule has 3 unspecified atom stereocenters. The Morgan fingerprint density at radius 1 is 1.39 bits per heavy atom. The summed E-state index contributed by atoms with van der Waals surface area (Å²) in [7, 11) is 0. The molecular weight excluding hydrogens is 292 g/mol. The number of aldehydes is 1. The Morgan fingerprint density at radius 2 is 2.09 bits per heavy atom. The fourth-order valence-electron chi connectivity index (χ4n) is 4.12. The van der Waals surface area contributed by atoms with Gasteiger partial charge >= 0.3 is 0 Å². The van der Waals surface area contributed by atoms with Crippen molar-refractivity contribution in [2.75, 3.05) is 13.1 Å². The zero-order valence-corrected chi connectivity index (χ0v) is 14.1. The molecule has 3 atom stereocenters. The number of hydrogen-bond donors (Lipinski definition) is 2. The van der Waals surface area contributed by atoms with Crippen molar-refractivity contribution >= 4 is 12.1 Å². The van der Waals surface area contributed by atoms with Crippen LogP contribution in [0.25, 0.3) is 0 Å². The summed E-state index contributed by atoms with van der Waals surface area (Å²) < 4.78 is 0. The molecule has 6 nitrogen and oxygen atoms in total. The molecule has 4 aliphatic rings. The van der Waals surface area contributed by atoms with Crippen molar-refractivity contribution in [3.8, 4) is 0 Å². The van der Waals surface area contributed by atoms with Gasteiger partial charge in [-0.1, -0.05) is 13.8 Å². The smallest absolute Gasteiger partial charge is 0.153 e. The third-order valence-electron chi connectivity index (χ3n) is 6.01. The van der Waals surface area contributed by atoms with E-state index < -0.39 is 0 Å². The number of hydrogen-bond acceptors (Lipinski definition) is 6. The number of nitrogens with one attached hydrogen (secondary N) is 2. The molecule has 0 aromatic rings. The molecule has 0 radical (unpaired) electrons. The van der Waals surface area contributed by atoms with Crippen LogP contribution in [-0.4, -0.2) is 53.4 Å². The molecule has 0 aromatic heterocycles. The van der Waals surface area contributed by atoms with E-state index >= 15 is 0 Å². The van der Waals surface area contributed by atoms with E-state index in [4.69, 9.17) is 0 Å². The van der Waals surface area contributed by atoms with Crippen molar-refractivity contribution in [2.24, 2.45) is 17.3 Å². The van der Waals surface area contributed by atoms with Crippen molar-refractivity contribution in [1.82, 2.24) is 20.9 Å². The average molecular weight is 318 g/mol. The second-order valence-electron chi connectivity index (χ2n) is 7.91. The third-order valence-corrected chi connectivity index (χ3v) is 6.01. The fourth-order valence-corrected chi connectivity index (χ4v) is 4.12. The van der Waals surface area contributed by atoms with E-state index in [0.29, 0.717) is 23.7 Å². The summed E-state index contributed by atoms with van der Waals surface area (Å²) in [5.74, 6) is 1.07. The van der Waals surface area contributed by atoms with Crippen LogP contribution in [0, 0.1) is 17.3 Å². The first-order valence-electron chi connectivity index (χ1n) is 8.74. The van der Waals surface area contributed by atoms with Gasteiger partial charge in [0.1, 0.15) is 12.3 Å². The molecule has 3 fully saturated rings. The molecule has 3 aliphatic heterocycles. The maximum Gasteiger partial charge on any atom is 0.153 e. The summed E-state index contributed by atoms with van der Waals surface area (Å²) in [6, 6.07) is 0.128. The van der Waals surface area contributed by atoms with Gasteiger partial charge in [0.2, 0.25) is 0 Å². The molecule has 0 bridgehead atoms. The number of allylic oxidation sites excluding steroid dienone is 1. The minimum Gasteiger partial charge on any atom is -0.309 e. The standard InChI is InChI=1S/C17H26N4O2/c1-10(2)14-6-13(7-22)21(19-14)20-8-17(9-20)11(3)18-16(17)15(23)12-4-5-12/h6-7,10-13,16,18-19H,4-5,8-9H2,1-3H3. The molecule has 6 heteroatoms. The number of carbonyl (C=O) groups is 2. The first-order chi connectivity index (χ1) is 11.0. The highest BCUT2D eigenvalue weighted by Gasteiger charge is 2.64. The summed E-state index contributed by atoms with van der Waals surface area (Å²) in [6.45, 7) is 8.07. The second-order valence-corrected chi connectivity index (χ2v) is 7.91. The summed E-state index contributed by atoms with van der Waals surface area (Å²) in [4.78, 5) is 23.8. The molecule has 0 aromatic carbocycles. The largest absolute Gasteiger partial charge is 0.309 e. The maximum atomic E-state index is 12.5. The lowest BCUT2D eigenvalue weighted by atomic mass is 9.60. The normalized spacial score (nSPS) is 36.3. The molecule has 2 saturated heterocycles. The van der Waals surface area contributed by atoms with E-state index in [9.17, 15) is 9.59 Å². The van der Waals surface area contributed by atoms with E-state index in [-0.39, 0.29) is 17.5 Å². The first-order valence-corrected chi connectivity index (χ1v) is 8.74. The quantitative estimate of drug-likeness (QED) is 0.719. The minimum absolute atomic E-state index is 0.0102. The van der Waals surface area contributed by atoms with E-state index in [0.717, 1.165) is 37.9 Å². The molecule has 0 amide bonds. The second kappa shape index (κ2) is 5.13. The van der Waals surface area contributed by atoms with Gasteiger partial charge in [0.05, 0.1) is 6.04 Å². The van der Waals surface area contributed by atoms with Gasteiger partial charge in [-0.25, -0.2) is 5.01 Å². The number of hydrazine groups is 2. The number of rotatable bonds is 5. The van der Waals surface area contributed by atoms with Crippen LogP contribution in [-0.2, 0) is 9.59 Å². The molecule has 23 heavy (non-hydrogen) atoms. The van der Waals surface area contributed by atoms with Crippen molar-refractivity contribution in [3.63, 3.8) is 0 Å². The molecule has 126 valence electrons. The Morgan fingerprint density at radius 3 is 2.61 bits per heavy atom. The van der Waals surface area contributed by atoms with E-state index in [1.165, 1.54) is 0 Å². The predicted octanol–water partition coefficient (Wildman–Crippen LogP) is 0.470. The molecule has 1 aliphatic carbocycles. The first kappa shape index (κ1) is 15.3. The van der Waals surface area contributed by atoms with Gasteiger partial charge in [0, 0.05) is 36.2 Å². The lowest BCUT2D eigenvalue weighted by Crippen LogP contribution is -2.84. The van der Waals surface area contributed by atoms with Crippen LogP contribution in [0.5, 0.6) is 0 Å². The monoisotopic (exact) mass is 318 g/mol. The van der Waals surface area contributed by atoms with Crippen LogP contribution in [0.1, 0.15) is 33.6 Å². The van der Waals surface area contributed by atoms with Crippen molar-refractivity contribution in [1.29, 1.82) is 0 Å². The Labute approximate surface area is 137 Å². The highest BCUT2D eigenvalue weighted by atomic mass is 16.1. The summed E-state index contributed by atoms with van der Waals surface area (Å²) in [5, 5.41) is 7.54. The highest BCUT2D eigenvalue weighted by molar-refractivity contribution is 5.90. The van der Waals surface area contributed by atoms with Gasteiger partial charge in [-0.15, -0.1) is 5.12 Å². The van der Waals surface area contributed by atoms with Crippen molar-refractivity contribution in [3.05, 3.63) is 11.8 Å². The van der Waals surface area contributed by atoms with Crippen LogP contribution < -0.4 is 10.7 Å². The Bertz CT molecular complexity index is 563. The zero-order chi connectivity index (χ0) is 16.4. The van der Waals surface area contributed by atoms with Gasteiger partial charge in [-0.05, 0) is 31.8 Å². The fraction of sp³-hybridized carbons (Fsp3) is 0.765. The number of carbonyl (C=O) groups excluding carboxylic acids is 2. The minimum atomic E-state index is -0.245. The molecule has 1 spiro atoms. The van der Waals surface area contributed by atoms with E-state index in [1.807, 2.05) is 11.2 Å². The predicted molar refractivity (Wildman–Crippen MR) is 85.9 cm³/mol. The van der Waals surface area contributed by atoms with Crippen LogP contribution in [0.15, 0.2) is 11.8 Å². The van der Waals surface area contributed by atoms with Gasteiger partial charge in [-0.2, -0.15) is 0 Å². The SMILES string of the molecule is CC(C)C1=CC(C=O)N(N2CC3(C2)C(C)NC3C(=O)C2CC2)N1. The third kappa shape index (κ3) is 2.19. The lowest BCUT2D eigenvalue weighted by molar-refractivity contribution is -0.222. The topological polar surface area (TPSA) is 64.7 Å². The summed E-state index contributed by atoms with van der Waals surface area (Å²) >= 11 is 0. The highest BCUT2D eigenvalue weighted by Crippen LogP contribution is 2.48. The Balaban J connectivity index is 1.42. The van der Waals surface area contributed by atoms with Crippen molar-refractivity contribution in [2.45, 2.75) is 51.7 Å². The molecule has 4 rings (SSSR count). The zero-order valence-electron chi connectivity index (χ0n) is 14.1. The van der Waals surface area contributed by atoms with E-state index in [1.54, 1.807) is 0 Å². The maximum absolute atomic E-state index is 12.5. The Kier molecular flexibility index (Phi) is 3.41. The molecular formula is C17H26N4O2. The number of ketones is 1. The van der Waals surface area contributed by atoms with Gasteiger partial charge in [0.15, 0.2) is 5.78 Å². The summed E-state index contributed by atoms with van der Waals surface area (Å²) in [5.41, 5.74) is 4.50. The van der Waals surface area contributed by atoms with E-state index in [2.05, 4.69) is 36.5 Å². The van der Waals surface area contributed by atoms with Crippen LogP contribution in [0.4, 0.5) is 0 Å². The van der Waals surface area contributed by atoms with Gasteiger partial charge < -0.3 is 15.5 Å². The van der Waals surface area contributed by atoms with Crippen LogP contribution in [0.2, 0.25) is 0 Å². The molecule has 3 heterocycles. The van der Waals surface area contributed by atoms with Crippen molar-refractivity contribution < 1.29 is 9.59 Å². The van der Waals surface area contributed by atoms with Gasteiger partial charge in [-0.3, -0.25) is 4.79 Å². The summed E-state index contributed by atoms with van der Waals surface area (Å²) in [6.07, 6.45) is 5.10. The Hall–Kier alpha value is -1.24. The molecule has 2 N–H and O–H groups in total. The van der Waals surface area contributed by atoms with Crippen LogP contribution >= 0.6 is 0 Å². The lowest BCUT2D eigenvalue weighted by Gasteiger charge is -2.65. The number of nitrogens with zero attached hydrogens (tertiary/aromatic N) is 2. The number of Topliss-reactive ketones (excluding diaryl/α,β-unsaturated/α-hetero) is 1. The van der Waals surface area contributed by atoms with Crippen LogP contribution in [0.3, 0.4) is 0 Å². The molecule has 1 saturated carbocycles. The average Bonchev–Trinajstić information content (AvgIpc) is 3.23.